The van der Waals surface area contributed by atoms with Crippen molar-refractivity contribution in [3.63, 3.8) is 0 Å². The molecule has 0 fully saturated rings. The van der Waals surface area contributed by atoms with E-state index in [1.807, 2.05) is 0 Å². The summed E-state index contributed by atoms with van der Waals surface area (Å²) in [5, 5.41) is 2.24. The zero-order valence-electron chi connectivity index (χ0n) is 54.7. The summed E-state index contributed by atoms with van der Waals surface area (Å²) in [4.78, 5) is 7.72. The fourth-order valence-electron chi connectivity index (χ4n) is 15.1. The van der Waals surface area contributed by atoms with E-state index in [2.05, 4.69) is 352 Å². The molecule has 3 aliphatic rings. The molecule has 448 valence electrons. The molecule has 0 N–H and O–H groups in total. The van der Waals surface area contributed by atoms with Gasteiger partial charge in [0.05, 0.1) is 5.69 Å². The molecule has 92 heavy (non-hydrogen) atoms. The van der Waals surface area contributed by atoms with Crippen LogP contribution in [0.25, 0.3) is 66.4 Å². The SMILES string of the molecule is CC(C)(C)c1ccc(N(c2ccc(C(C)(C)C)cc2)c2ccc3c(c2)N(c2ccc(-c4cccc5c4oc4ccccc45)cc2)c2cc(C(C)(C)C)cc4c2B3c2cc(-c3ccccc3)ccc2N4c2cc3c(cc2-c2ccccc2)-c2ccccc2C3(C)C)cc1. The predicted octanol–water partition coefficient (Wildman–Crippen LogP) is 22.3. The van der Waals surface area contributed by atoms with Gasteiger partial charge in [-0.3, -0.25) is 0 Å². The van der Waals surface area contributed by atoms with Gasteiger partial charge in [0.15, 0.2) is 0 Å². The first-order chi connectivity index (χ1) is 44.3. The Morgan fingerprint density at radius 3 is 1.57 bits per heavy atom. The van der Waals surface area contributed by atoms with Crippen molar-refractivity contribution >= 4 is 96.2 Å². The van der Waals surface area contributed by atoms with E-state index in [0.29, 0.717) is 0 Å². The lowest BCUT2D eigenvalue weighted by atomic mass is 9.33. The first-order valence-electron chi connectivity index (χ1n) is 32.8. The second kappa shape index (κ2) is 21.0. The summed E-state index contributed by atoms with van der Waals surface area (Å²) in [7, 11) is 0. The summed E-state index contributed by atoms with van der Waals surface area (Å²) in [5.74, 6) is 0. The minimum absolute atomic E-state index is 0.00530. The maximum absolute atomic E-state index is 6.70. The van der Waals surface area contributed by atoms with Crippen LogP contribution in [0.5, 0.6) is 0 Å². The van der Waals surface area contributed by atoms with Crippen molar-refractivity contribution in [2.24, 2.45) is 0 Å². The summed E-state index contributed by atoms with van der Waals surface area (Å²) in [6.45, 7) is 25.5. The third kappa shape index (κ3) is 9.25. The Labute approximate surface area is 543 Å². The van der Waals surface area contributed by atoms with Crippen LogP contribution in [0.4, 0.5) is 51.2 Å². The van der Waals surface area contributed by atoms with Crippen molar-refractivity contribution < 1.29 is 4.42 Å². The number of benzene rings is 12. The molecule has 0 saturated heterocycles. The number of nitrogens with zero attached hydrogens (tertiary/aromatic N) is 3. The third-order valence-electron chi connectivity index (χ3n) is 20.1. The topological polar surface area (TPSA) is 22.9 Å². The second-order valence-electron chi connectivity index (χ2n) is 29.4. The van der Waals surface area contributed by atoms with E-state index in [-0.39, 0.29) is 28.4 Å². The van der Waals surface area contributed by atoms with E-state index in [0.717, 1.165) is 61.5 Å². The van der Waals surface area contributed by atoms with Gasteiger partial charge in [0.2, 0.25) is 0 Å². The fourth-order valence-corrected chi connectivity index (χ4v) is 15.1. The quantitative estimate of drug-likeness (QED) is 0.141. The number of fused-ring (bicyclic) bond motifs is 10. The molecular formula is C87H76BN3O. The number of hydrogen-bond acceptors (Lipinski definition) is 4. The van der Waals surface area contributed by atoms with Crippen molar-refractivity contribution in [1.29, 1.82) is 0 Å². The van der Waals surface area contributed by atoms with Gasteiger partial charge < -0.3 is 19.1 Å². The van der Waals surface area contributed by atoms with Gasteiger partial charge >= 0.3 is 0 Å². The maximum atomic E-state index is 6.70. The van der Waals surface area contributed by atoms with Gasteiger partial charge in [0.1, 0.15) is 11.2 Å². The molecule has 0 amide bonds. The number of para-hydroxylation sites is 2. The Morgan fingerprint density at radius 1 is 0.348 bits per heavy atom. The molecule has 0 unspecified atom stereocenters. The van der Waals surface area contributed by atoms with Crippen LogP contribution in [0.1, 0.15) is 104 Å². The van der Waals surface area contributed by atoms with Gasteiger partial charge in [-0.1, -0.05) is 252 Å². The van der Waals surface area contributed by atoms with Crippen LogP contribution in [0.15, 0.2) is 265 Å². The van der Waals surface area contributed by atoms with Gasteiger partial charge in [-0.25, -0.2) is 0 Å². The highest BCUT2D eigenvalue weighted by Crippen LogP contribution is 2.56. The smallest absolute Gasteiger partial charge is 0.252 e. The lowest BCUT2D eigenvalue weighted by Gasteiger charge is -2.46. The van der Waals surface area contributed by atoms with E-state index in [4.69, 9.17) is 4.42 Å². The van der Waals surface area contributed by atoms with Crippen LogP contribution in [0.3, 0.4) is 0 Å². The molecule has 5 heteroatoms. The first-order valence-corrected chi connectivity index (χ1v) is 32.8. The molecule has 0 saturated carbocycles. The van der Waals surface area contributed by atoms with Gasteiger partial charge in [-0.05, 0) is 179 Å². The molecule has 1 aliphatic carbocycles. The molecule has 2 aliphatic heterocycles. The van der Waals surface area contributed by atoms with E-state index in [1.54, 1.807) is 0 Å². The van der Waals surface area contributed by atoms with E-state index >= 15 is 0 Å². The van der Waals surface area contributed by atoms with Crippen molar-refractivity contribution in [1.82, 2.24) is 0 Å². The molecule has 0 atom stereocenters. The van der Waals surface area contributed by atoms with Crippen LogP contribution < -0.4 is 31.1 Å². The number of anilines is 9. The zero-order chi connectivity index (χ0) is 63.2. The predicted molar refractivity (Wildman–Crippen MR) is 392 cm³/mol. The Balaban J connectivity index is 0.987. The Hall–Kier alpha value is -10.1. The van der Waals surface area contributed by atoms with Crippen molar-refractivity contribution in [2.45, 2.75) is 97.8 Å². The van der Waals surface area contributed by atoms with Gasteiger partial charge in [-0.2, -0.15) is 0 Å². The van der Waals surface area contributed by atoms with Crippen LogP contribution in [0.2, 0.25) is 0 Å². The molecule has 4 nitrogen and oxygen atoms in total. The van der Waals surface area contributed by atoms with Gasteiger partial charge in [-0.15, -0.1) is 0 Å². The minimum atomic E-state index is -0.244. The lowest BCUT2D eigenvalue weighted by Crippen LogP contribution is -2.61. The van der Waals surface area contributed by atoms with Crippen molar-refractivity contribution in [2.75, 3.05) is 14.7 Å². The largest absolute Gasteiger partial charge is 0.455 e. The molecule has 16 rings (SSSR count). The molecule has 1 aromatic heterocycles. The number of furan rings is 1. The molecule has 0 bridgehead atoms. The fraction of sp³-hybridized carbons (Fsp3) is 0.172. The van der Waals surface area contributed by atoms with Crippen molar-refractivity contribution in [3.05, 3.63) is 289 Å². The van der Waals surface area contributed by atoms with Crippen LogP contribution in [0, 0.1) is 0 Å². The number of rotatable bonds is 8. The molecule has 0 spiro atoms. The summed E-state index contributed by atoms with van der Waals surface area (Å²) in [6.07, 6.45) is 0. The molecule has 13 aromatic rings. The first kappa shape index (κ1) is 57.1. The summed E-state index contributed by atoms with van der Waals surface area (Å²) >= 11 is 0. The standard InChI is InChI=1S/C87H76BN3O/c1-84(2,3)59-36-42-62(43-37-59)89(63-44-38-60(39-45-63)85(4,5)6)65-46-47-74-78(52-65)90(64-40-33-57(34-41-64)66-29-22-30-69-68-28-19-21-32-81(68)92-83(66)69)79-50-61(86(7,8)9)51-80-82(79)88(74)75-49-58(55-23-14-12-15-24-55)35-48-76(75)91(80)77-54-73-71(53-70(77)56-25-16-13-17-26-56)67-27-18-20-31-72(67)87(73,10)11/h12-54H,1-11H3. The second-order valence-corrected chi connectivity index (χ2v) is 29.4. The van der Waals surface area contributed by atoms with E-state index in [9.17, 15) is 0 Å². The highest BCUT2D eigenvalue weighted by molar-refractivity contribution is 7.00. The Kier molecular flexibility index (Phi) is 13.0. The summed E-state index contributed by atoms with van der Waals surface area (Å²) in [5.41, 5.74) is 31.4. The molecule has 3 heterocycles. The monoisotopic (exact) mass is 1190 g/mol. The van der Waals surface area contributed by atoms with E-state index in [1.165, 1.54) is 100 Å². The normalized spacial score (nSPS) is 13.8. The summed E-state index contributed by atoms with van der Waals surface area (Å²) in [6, 6.07) is 98.6. The van der Waals surface area contributed by atoms with Crippen LogP contribution in [-0.2, 0) is 21.7 Å². The Bertz CT molecular complexity index is 5000. The number of hydrogen-bond donors (Lipinski definition) is 0. The minimum Gasteiger partial charge on any atom is -0.455 e. The van der Waals surface area contributed by atoms with Crippen LogP contribution >= 0.6 is 0 Å². The molecule has 12 aromatic carbocycles. The van der Waals surface area contributed by atoms with Gasteiger partial charge in [0.25, 0.3) is 6.71 Å². The molecular weight excluding hydrogens is 1110 g/mol. The van der Waals surface area contributed by atoms with Gasteiger partial charge in [0, 0.05) is 72.8 Å². The average molecular weight is 1190 g/mol. The van der Waals surface area contributed by atoms with Crippen LogP contribution in [-0.4, -0.2) is 6.71 Å². The third-order valence-corrected chi connectivity index (χ3v) is 20.1. The molecule has 0 radical (unpaired) electrons. The average Bonchev–Trinajstić information content (AvgIpc) is 0.760. The maximum Gasteiger partial charge on any atom is 0.252 e. The highest BCUT2D eigenvalue weighted by atomic mass is 16.3. The van der Waals surface area contributed by atoms with E-state index < -0.39 is 0 Å². The Morgan fingerprint density at radius 2 is 0.902 bits per heavy atom. The lowest BCUT2D eigenvalue weighted by molar-refractivity contribution is 0.590. The van der Waals surface area contributed by atoms with Crippen molar-refractivity contribution in [3.8, 4) is 44.5 Å². The highest BCUT2D eigenvalue weighted by Gasteiger charge is 2.46. The zero-order valence-corrected chi connectivity index (χ0v) is 54.7. The summed E-state index contributed by atoms with van der Waals surface area (Å²) < 4.78 is 6.70.